The zero-order valence-electron chi connectivity index (χ0n) is 11.3. The fraction of sp³-hybridized carbons (Fsp3) is 0.786. The lowest BCUT2D eigenvalue weighted by Gasteiger charge is -2.02. The lowest BCUT2D eigenvalue weighted by molar-refractivity contribution is 0.436. The number of hydrogen-bond donors (Lipinski definition) is 1. The van der Waals surface area contributed by atoms with Gasteiger partial charge in [0.05, 0.1) is 12.7 Å². The largest absolute Gasteiger partial charge is 0.444 e. The van der Waals surface area contributed by atoms with Crippen LogP contribution in [0.1, 0.15) is 64.0 Å². The van der Waals surface area contributed by atoms with E-state index in [-0.39, 0.29) is 0 Å². The van der Waals surface area contributed by atoms with Gasteiger partial charge in [-0.2, -0.15) is 0 Å². The first kappa shape index (κ1) is 14.2. The third kappa shape index (κ3) is 6.47. The summed E-state index contributed by atoms with van der Waals surface area (Å²) in [4.78, 5) is 4.22. The fourth-order valence-electron chi connectivity index (χ4n) is 1.82. The number of rotatable bonds is 10. The molecule has 1 N–H and O–H groups in total. The highest BCUT2D eigenvalue weighted by Crippen LogP contribution is 2.05. The van der Waals surface area contributed by atoms with Gasteiger partial charge in [0.1, 0.15) is 5.76 Å². The summed E-state index contributed by atoms with van der Waals surface area (Å²) in [6, 6.07) is 0. The van der Waals surface area contributed by atoms with E-state index < -0.39 is 0 Å². The molecular weight excluding hydrogens is 212 g/mol. The monoisotopic (exact) mass is 238 g/mol. The predicted molar refractivity (Wildman–Crippen MR) is 71.0 cm³/mol. The molecule has 0 saturated carbocycles. The van der Waals surface area contributed by atoms with Gasteiger partial charge in [-0.1, -0.05) is 46.0 Å². The number of nitrogens with one attached hydrogen (secondary N) is 1. The third-order valence-electron chi connectivity index (χ3n) is 2.93. The quantitative estimate of drug-likeness (QED) is 0.632. The van der Waals surface area contributed by atoms with Gasteiger partial charge >= 0.3 is 0 Å². The van der Waals surface area contributed by atoms with Crippen LogP contribution < -0.4 is 5.32 Å². The highest BCUT2D eigenvalue weighted by Gasteiger charge is 2.00. The van der Waals surface area contributed by atoms with Crippen molar-refractivity contribution in [2.45, 2.75) is 65.3 Å². The van der Waals surface area contributed by atoms with Crippen LogP contribution in [0.3, 0.4) is 0 Å². The SMILES string of the molecule is CCCCCCCCNCc1ncc(CC)o1. The second-order valence-corrected chi connectivity index (χ2v) is 4.52. The van der Waals surface area contributed by atoms with Gasteiger partial charge in [-0.05, 0) is 13.0 Å². The summed E-state index contributed by atoms with van der Waals surface area (Å²) >= 11 is 0. The van der Waals surface area contributed by atoms with Crippen molar-refractivity contribution in [1.29, 1.82) is 0 Å². The smallest absolute Gasteiger partial charge is 0.208 e. The van der Waals surface area contributed by atoms with E-state index in [4.69, 9.17) is 4.42 Å². The average molecular weight is 238 g/mol. The molecule has 0 aliphatic carbocycles. The molecule has 1 aromatic rings. The van der Waals surface area contributed by atoms with Crippen molar-refractivity contribution in [3.05, 3.63) is 17.8 Å². The van der Waals surface area contributed by atoms with Crippen molar-refractivity contribution in [2.24, 2.45) is 0 Å². The predicted octanol–water partition coefficient (Wildman–Crippen LogP) is 3.69. The summed E-state index contributed by atoms with van der Waals surface area (Å²) in [5, 5.41) is 3.37. The molecule has 0 amide bonds. The van der Waals surface area contributed by atoms with Crippen LogP contribution in [0.25, 0.3) is 0 Å². The molecule has 0 bridgehead atoms. The Morgan fingerprint density at radius 1 is 1.12 bits per heavy atom. The van der Waals surface area contributed by atoms with Crippen molar-refractivity contribution >= 4 is 0 Å². The summed E-state index contributed by atoms with van der Waals surface area (Å²) < 4.78 is 5.52. The summed E-state index contributed by atoms with van der Waals surface area (Å²) in [5.74, 6) is 1.79. The van der Waals surface area contributed by atoms with Crippen LogP contribution in [0.4, 0.5) is 0 Å². The molecule has 3 heteroatoms. The highest BCUT2D eigenvalue weighted by atomic mass is 16.4. The Labute approximate surface area is 105 Å². The van der Waals surface area contributed by atoms with Gasteiger partial charge in [-0.15, -0.1) is 0 Å². The molecule has 3 nitrogen and oxygen atoms in total. The molecule has 0 spiro atoms. The van der Waals surface area contributed by atoms with E-state index in [9.17, 15) is 0 Å². The first-order valence-corrected chi connectivity index (χ1v) is 7.01. The van der Waals surface area contributed by atoms with Crippen LogP contribution in [0.5, 0.6) is 0 Å². The molecule has 17 heavy (non-hydrogen) atoms. The average Bonchev–Trinajstić information content (AvgIpc) is 2.80. The molecule has 0 aromatic carbocycles. The lowest BCUT2D eigenvalue weighted by atomic mass is 10.1. The first-order valence-electron chi connectivity index (χ1n) is 7.01. The van der Waals surface area contributed by atoms with Gasteiger partial charge in [0, 0.05) is 6.42 Å². The Balaban J connectivity index is 1.93. The summed E-state index contributed by atoms with van der Waals surface area (Å²) in [6.07, 6.45) is 10.8. The van der Waals surface area contributed by atoms with Crippen molar-refractivity contribution in [1.82, 2.24) is 10.3 Å². The molecule has 1 aromatic heterocycles. The molecular formula is C14H26N2O. The third-order valence-corrected chi connectivity index (χ3v) is 2.93. The van der Waals surface area contributed by atoms with E-state index in [1.165, 1.54) is 38.5 Å². The van der Waals surface area contributed by atoms with Gasteiger partial charge in [0.2, 0.25) is 5.89 Å². The number of aryl methyl sites for hydroxylation is 1. The number of oxazole rings is 1. The summed E-state index contributed by atoms with van der Waals surface area (Å²) in [6.45, 7) is 6.15. The molecule has 0 aliphatic rings. The van der Waals surface area contributed by atoms with E-state index in [2.05, 4.69) is 24.1 Å². The van der Waals surface area contributed by atoms with Crippen LogP contribution in [-0.2, 0) is 13.0 Å². The Kier molecular flexibility index (Phi) is 7.72. The fourth-order valence-corrected chi connectivity index (χ4v) is 1.82. The van der Waals surface area contributed by atoms with E-state index in [1.54, 1.807) is 0 Å². The van der Waals surface area contributed by atoms with Crippen molar-refractivity contribution in [3.8, 4) is 0 Å². The topological polar surface area (TPSA) is 38.1 Å². The standard InChI is InChI=1S/C14H26N2O/c1-3-5-6-7-8-9-10-15-12-14-16-11-13(4-2)17-14/h11,15H,3-10,12H2,1-2H3. The molecule has 0 radical (unpaired) electrons. The molecule has 0 aliphatic heterocycles. The number of aromatic nitrogens is 1. The van der Waals surface area contributed by atoms with Gasteiger partial charge in [-0.3, -0.25) is 0 Å². The van der Waals surface area contributed by atoms with E-state index in [0.29, 0.717) is 0 Å². The van der Waals surface area contributed by atoms with Gasteiger partial charge in [0.25, 0.3) is 0 Å². The van der Waals surface area contributed by atoms with Crippen molar-refractivity contribution in [2.75, 3.05) is 6.54 Å². The maximum Gasteiger partial charge on any atom is 0.208 e. The van der Waals surface area contributed by atoms with Crippen LogP contribution in [0, 0.1) is 0 Å². The Hall–Kier alpha value is -0.830. The van der Waals surface area contributed by atoms with E-state index >= 15 is 0 Å². The second-order valence-electron chi connectivity index (χ2n) is 4.52. The van der Waals surface area contributed by atoms with Gasteiger partial charge < -0.3 is 9.73 Å². The number of hydrogen-bond acceptors (Lipinski definition) is 3. The van der Waals surface area contributed by atoms with E-state index in [1.807, 2.05) is 6.20 Å². The van der Waals surface area contributed by atoms with Gasteiger partial charge in [-0.25, -0.2) is 4.98 Å². The Bertz CT molecular complexity index is 284. The minimum atomic E-state index is 0.759. The van der Waals surface area contributed by atoms with Crippen LogP contribution in [0.2, 0.25) is 0 Å². The Morgan fingerprint density at radius 3 is 2.59 bits per heavy atom. The lowest BCUT2D eigenvalue weighted by Crippen LogP contribution is -2.14. The normalized spacial score (nSPS) is 10.9. The highest BCUT2D eigenvalue weighted by molar-refractivity contribution is 4.93. The van der Waals surface area contributed by atoms with E-state index in [0.717, 1.165) is 31.2 Å². The molecule has 0 saturated heterocycles. The van der Waals surface area contributed by atoms with Crippen molar-refractivity contribution < 1.29 is 4.42 Å². The maximum absolute atomic E-state index is 5.52. The molecule has 0 unspecified atom stereocenters. The number of unbranched alkanes of at least 4 members (excludes halogenated alkanes) is 5. The van der Waals surface area contributed by atoms with Crippen LogP contribution >= 0.6 is 0 Å². The second kappa shape index (κ2) is 9.23. The summed E-state index contributed by atoms with van der Waals surface area (Å²) in [5.41, 5.74) is 0. The number of nitrogens with zero attached hydrogens (tertiary/aromatic N) is 1. The van der Waals surface area contributed by atoms with Crippen molar-refractivity contribution in [3.63, 3.8) is 0 Å². The van der Waals surface area contributed by atoms with Crippen LogP contribution in [-0.4, -0.2) is 11.5 Å². The first-order chi connectivity index (χ1) is 8.36. The molecule has 1 heterocycles. The summed E-state index contributed by atoms with van der Waals surface area (Å²) in [7, 11) is 0. The minimum absolute atomic E-state index is 0.759. The minimum Gasteiger partial charge on any atom is -0.444 e. The van der Waals surface area contributed by atoms with Gasteiger partial charge in [0.15, 0.2) is 0 Å². The molecule has 0 atom stereocenters. The molecule has 98 valence electrons. The molecule has 0 fully saturated rings. The van der Waals surface area contributed by atoms with Crippen LogP contribution in [0.15, 0.2) is 10.6 Å². The zero-order chi connectivity index (χ0) is 12.3. The molecule has 1 rings (SSSR count). The maximum atomic E-state index is 5.52. The zero-order valence-corrected chi connectivity index (χ0v) is 11.3. The Morgan fingerprint density at radius 2 is 1.88 bits per heavy atom.